The summed E-state index contributed by atoms with van der Waals surface area (Å²) in [7, 11) is 0. The van der Waals surface area contributed by atoms with Gasteiger partial charge in [0.2, 0.25) is 0 Å². The number of rotatable bonds is 7. The first-order valence-corrected chi connectivity index (χ1v) is 9.31. The first kappa shape index (κ1) is 18.2. The molecule has 2 aromatic carbocycles. The summed E-state index contributed by atoms with van der Waals surface area (Å²) in [4.78, 5) is 27.6. The van der Waals surface area contributed by atoms with Crippen molar-refractivity contribution < 1.29 is 19.4 Å². The molecule has 0 aliphatic carbocycles. The van der Waals surface area contributed by atoms with E-state index < -0.39 is 0 Å². The van der Waals surface area contributed by atoms with Crippen LogP contribution in [0.2, 0.25) is 0 Å². The van der Waals surface area contributed by atoms with Crippen molar-refractivity contribution in [2.24, 2.45) is 0 Å². The van der Waals surface area contributed by atoms with Crippen molar-refractivity contribution in [1.29, 1.82) is 0 Å². The van der Waals surface area contributed by atoms with Crippen LogP contribution in [0.5, 0.6) is 5.75 Å². The SMILES string of the molecule is CCOc1cccc(N2C(=O)C(SCCO)=C(c3ccccc3)C2=O)c1. The van der Waals surface area contributed by atoms with Gasteiger partial charge in [-0.1, -0.05) is 36.4 Å². The minimum absolute atomic E-state index is 0.0719. The van der Waals surface area contributed by atoms with E-state index in [1.807, 2.05) is 25.1 Å². The molecule has 0 saturated heterocycles. The Morgan fingerprint density at radius 1 is 1.04 bits per heavy atom. The lowest BCUT2D eigenvalue weighted by atomic mass is 10.1. The standard InChI is InChI=1S/C20H19NO4S/c1-2-25-16-10-6-9-15(13-16)21-19(23)17(14-7-4-3-5-8-14)18(20(21)24)26-12-11-22/h3-10,13,22H,2,11-12H2,1H3. The van der Waals surface area contributed by atoms with Crippen LogP contribution in [0.4, 0.5) is 5.69 Å². The van der Waals surface area contributed by atoms with Gasteiger partial charge in [0.1, 0.15) is 5.75 Å². The van der Waals surface area contributed by atoms with Crippen LogP contribution in [0.15, 0.2) is 59.5 Å². The lowest BCUT2D eigenvalue weighted by Gasteiger charge is -2.16. The molecule has 0 spiro atoms. The summed E-state index contributed by atoms with van der Waals surface area (Å²) >= 11 is 1.20. The van der Waals surface area contributed by atoms with Gasteiger partial charge < -0.3 is 9.84 Å². The molecule has 0 bridgehead atoms. The molecular weight excluding hydrogens is 350 g/mol. The van der Waals surface area contributed by atoms with E-state index in [2.05, 4.69) is 0 Å². The minimum atomic E-state index is -0.374. The first-order valence-electron chi connectivity index (χ1n) is 8.32. The largest absolute Gasteiger partial charge is 0.494 e. The topological polar surface area (TPSA) is 66.8 Å². The van der Waals surface area contributed by atoms with Crippen LogP contribution in [0, 0.1) is 0 Å². The Labute approximate surface area is 156 Å². The molecular formula is C20H19NO4S. The normalized spacial score (nSPS) is 14.3. The van der Waals surface area contributed by atoms with E-state index in [-0.39, 0.29) is 18.4 Å². The molecule has 1 N–H and O–H groups in total. The molecule has 6 heteroatoms. The number of carbonyl (C=O) groups excluding carboxylic acids is 2. The lowest BCUT2D eigenvalue weighted by Crippen LogP contribution is -2.31. The van der Waals surface area contributed by atoms with E-state index in [0.717, 1.165) is 0 Å². The number of carbonyl (C=O) groups is 2. The van der Waals surface area contributed by atoms with E-state index in [0.29, 0.717) is 39.8 Å². The summed E-state index contributed by atoms with van der Waals surface area (Å²) < 4.78 is 5.48. The molecule has 3 rings (SSSR count). The van der Waals surface area contributed by atoms with Gasteiger partial charge in [0.15, 0.2) is 0 Å². The number of ether oxygens (including phenoxy) is 1. The van der Waals surface area contributed by atoms with Gasteiger partial charge in [0.05, 0.1) is 29.4 Å². The number of imide groups is 1. The smallest absolute Gasteiger partial charge is 0.272 e. The fourth-order valence-electron chi connectivity index (χ4n) is 2.76. The maximum absolute atomic E-state index is 13.1. The van der Waals surface area contributed by atoms with Crippen LogP contribution < -0.4 is 9.64 Å². The molecule has 2 aromatic rings. The second kappa shape index (κ2) is 8.21. The van der Waals surface area contributed by atoms with Crippen molar-refractivity contribution in [3.05, 3.63) is 65.1 Å². The van der Waals surface area contributed by atoms with Gasteiger partial charge in [0, 0.05) is 11.8 Å². The first-order chi connectivity index (χ1) is 12.7. The van der Waals surface area contributed by atoms with Crippen molar-refractivity contribution >= 4 is 34.8 Å². The third kappa shape index (κ3) is 3.52. The third-order valence-electron chi connectivity index (χ3n) is 3.83. The Morgan fingerprint density at radius 3 is 2.50 bits per heavy atom. The number of aliphatic hydroxyl groups is 1. The number of hydrogen-bond acceptors (Lipinski definition) is 5. The molecule has 2 amide bonds. The van der Waals surface area contributed by atoms with E-state index in [9.17, 15) is 9.59 Å². The number of aliphatic hydroxyl groups excluding tert-OH is 1. The highest BCUT2D eigenvalue weighted by atomic mass is 32.2. The lowest BCUT2D eigenvalue weighted by molar-refractivity contribution is -0.119. The average molecular weight is 369 g/mol. The molecule has 0 unspecified atom stereocenters. The van der Waals surface area contributed by atoms with Crippen molar-refractivity contribution in [2.45, 2.75) is 6.92 Å². The fourth-order valence-corrected chi connectivity index (χ4v) is 3.62. The van der Waals surface area contributed by atoms with Crippen LogP contribution >= 0.6 is 11.8 Å². The van der Waals surface area contributed by atoms with Crippen LogP contribution in [0.25, 0.3) is 5.57 Å². The summed E-state index contributed by atoms with van der Waals surface area (Å²) in [6.45, 7) is 2.30. The second-order valence-corrected chi connectivity index (χ2v) is 6.62. The molecule has 1 aliphatic heterocycles. The summed E-state index contributed by atoms with van der Waals surface area (Å²) in [5.41, 5.74) is 1.53. The molecule has 0 saturated carbocycles. The monoisotopic (exact) mass is 369 g/mol. The van der Waals surface area contributed by atoms with E-state index in [1.54, 1.807) is 36.4 Å². The molecule has 1 heterocycles. The summed E-state index contributed by atoms with van der Waals surface area (Å²) in [5, 5.41) is 9.14. The zero-order valence-corrected chi connectivity index (χ0v) is 15.2. The number of nitrogens with zero attached hydrogens (tertiary/aromatic N) is 1. The maximum Gasteiger partial charge on any atom is 0.272 e. The molecule has 5 nitrogen and oxygen atoms in total. The van der Waals surface area contributed by atoms with Crippen LogP contribution in [0.3, 0.4) is 0 Å². The van der Waals surface area contributed by atoms with E-state index >= 15 is 0 Å². The van der Waals surface area contributed by atoms with E-state index in [4.69, 9.17) is 9.84 Å². The van der Waals surface area contributed by atoms with Crippen molar-refractivity contribution in [1.82, 2.24) is 0 Å². The average Bonchev–Trinajstić information content (AvgIpc) is 2.91. The second-order valence-electron chi connectivity index (χ2n) is 5.52. The van der Waals surface area contributed by atoms with Gasteiger partial charge in [-0.2, -0.15) is 0 Å². The number of amides is 2. The van der Waals surface area contributed by atoms with Gasteiger partial charge in [-0.25, -0.2) is 4.90 Å². The minimum Gasteiger partial charge on any atom is -0.494 e. The zero-order chi connectivity index (χ0) is 18.5. The molecule has 0 atom stereocenters. The third-order valence-corrected chi connectivity index (χ3v) is 4.88. The quantitative estimate of drug-likeness (QED) is 0.760. The Hall–Kier alpha value is -2.57. The van der Waals surface area contributed by atoms with Crippen LogP contribution in [-0.4, -0.2) is 35.9 Å². The zero-order valence-electron chi connectivity index (χ0n) is 14.3. The molecule has 0 fully saturated rings. The van der Waals surface area contributed by atoms with Crippen molar-refractivity contribution in [3.8, 4) is 5.75 Å². The molecule has 1 aliphatic rings. The van der Waals surface area contributed by atoms with Crippen LogP contribution in [-0.2, 0) is 9.59 Å². The molecule has 26 heavy (non-hydrogen) atoms. The number of hydrogen-bond donors (Lipinski definition) is 1. The highest BCUT2D eigenvalue weighted by Gasteiger charge is 2.40. The van der Waals surface area contributed by atoms with Gasteiger partial charge in [-0.3, -0.25) is 9.59 Å². The Balaban J connectivity index is 2.02. The Morgan fingerprint density at radius 2 is 1.81 bits per heavy atom. The predicted molar refractivity (Wildman–Crippen MR) is 103 cm³/mol. The summed E-state index contributed by atoms with van der Waals surface area (Å²) in [6.07, 6.45) is 0. The maximum atomic E-state index is 13.1. The highest BCUT2D eigenvalue weighted by Crippen LogP contribution is 2.38. The van der Waals surface area contributed by atoms with Gasteiger partial charge in [0.25, 0.3) is 11.8 Å². The fraction of sp³-hybridized carbons (Fsp3) is 0.200. The molecule has 0 aromatic heterocycles. The number of thioether (sulfide) groups is 1. The number of anilines is 1. The van der Waals surface area contributed by atoms with Crippen molar-refractivity contribution in [2.75, 3.05) is 23.9 Å². The van der Waals surface area contributed by atoms with Gasteiger partial charge in [-0.15, -0.1) is 11.8 Å². The number of benzene rings is 2. The Kier molecular flexibility index (Phi) is 5.75. The molecule has 134 valence electrons. The summed E-state index contributed by atoms with van der Waals surface area (Å²) in [5.74, 6) is 0.205. The van der Waals surface area contributed by atoms with Gasteiger partial charge in [-0.05, 0) is 24.6 Å². The Bertz CT molecular complexity index is 848. The van der Waals surface area contributed by atoms with E-state index in [1.165, 1.54) is 16.7 Å². The van der Waals surface area contributed by atoms with Crippen LogP contribution in [0.1, 0.15) is 12.5 Å². The summed E-state index contributed by atoms with van der Waals surface area (Å²) in [6, 6.07) is 16.0. The van der Waals surface area contributed by atoms with Gasteiger partial charge >= 0.3 is 0 Å². The molecule has 0 radical (unpaired) electrons. The van der Waals surface area contributed by atoms with Crippen molar-refractivity contribution in [3.63, 3.8) is 0 Å². The highest BCUT2D eigenvalue weighted by molar-refractivity contribution is 8.04. The predicted octanol–water partition coefficient (Wildman–Crippen LogP) is 3.10.